The predicted octanol–water partition coefficient (Wildman–Crippen LogP) is 4.73. The first-order chi connectivity index (χ1) is 14.1. The molecule has 0 fully saturated rings. The van der Waals surface area contributed by atoms with Gasteiger partial charge in [-0.1, -0.05) is 48.0 Å². The zero-order valence-electron chi connectivity index (χ0n) is 15.7. The standard InChI is InChI=1S/C23H20ClN3O2/c24-17-10-8-16(9-11-17)15-27-21-7-2-1-6-19(21)20(22(27)23(28)29)14-25-13-18-5-3-4-12-26-18/h1-12,25H,13-15H2,(H,28,29). The van der Waals surface area contributed by atoms with E-state index in [1.165, 1.54) is 0 Å². The number of fused-ring (bicyclic) bond motifs is 1. The van der Waals surface area contributed by atoms with E-state index in [0.717, 1.165) is 27.7 Å². The molecule has 0 amide bonds. The molecule has 4 rings (SSSR count). The van der Waals surface area contributed by atoms with Gasteiger partial charge in [0.25, 0.3) is 0 Å². The van der Waals surface area contributed by atoms with Gasteiger partial charge in [0, 0.05) is 47.3 Å². The smallest absolute Gasteiger partial charge is 0.352 e. The zero-order chi connectivity index (χ0) is 20.2. The minimum atomic E-state index is -0.940. The van der Waals surface area contributed by atoms with Gasteiger partial charge in [-0.25, -0.2) is 4.79 Å². The fourth-order valence-corrected chi connectivity index (χ4v) is 3.68. The summed E-state index contributed by atoms with van der Waals surface area (Å²) in [6.45, 7) is 1.46. The van der Waals surface area contributed by atoms with E-state index in [1.54, 1.807) is 6.20 Å². The molecule has 4 aromatic rings. The van der Waals surface area contributed by atoms with Crippen LogP contribution < -0.4 is 5.32 Å². The summed E-state index contributed by atoms with van der Waals surface area (Å²) >= 11 is 5.99. The van der Waals surface area contributed by atoms with Gasteiger partial charge in [-0.3, -0.25) is 4.98 Å². The van der Waals surface area contributed by atoms with E-state index in [2.05, 4.69) is 10.3 Å². The second kappa shape index (κ2) is 8.47. The number of nitrogens with one attached hydrogen (secondary N) is 1. The lowest BCUT2D eigenvalue weighted by Crippen LogP contribution is -2.17. The number of aromatic carboxylic acids is 1. The first-order valence-corrected chi connectivity index (χ1v) is 9.70. The molecule has 0 aliphatic carbocycles. The van der Waals surface area contributed by atoms with Crippen molar-refractivity contribution in [1.82, 2.24) is 14.9 Å². The normalized spacial score (nSPS) is 11.1. The van der Waals surface area contributed by atoms with Crippen molar-refractivity contribution in [2.75, 3.05) is 0 Å². The van der Waals surface area contributed by atoms with Crippen molar-refractivity contribution >= 4 is 28.5 Å². The maximum Gasteiger partial charge on any atom is 0.352 e. The van der Waals surface area contributed by atoms with Gasteiger partial charge in [0.15, 0.2) is 0 Å². The van der Waals surface area contributed by atoms with Crippen LogP contribution in [-0.2, 0) is 19.6 Å². The molecular weight excluding hydrogens is 386 g/mol. The van der Waals surface area contributed by atoms with Crippen LogP contribution in [0.4, 0.5) is 0 Å². The van der Waals surface area contributed by atoms with E-state index in [4.69, 9.17) is 11.6 Å². The number of pyridine rings is 1. The molecule has 6 heteroatoms. The number of aromatic nitrogens is 2. The van der Waals surface area contributed by atoms with Crippen molar-refractivity contribution in [2.45, 2.75) is 19.6 Å². The third-order valence-electron chi connectivity index (χ3n) is 4.87. The topological polar surface area (TPSA) is 67.2 Å². The molecule has 0 atom stereocenters. The Labute approximate surface area is 173 Å². The summed E-state index contributed by atoms with van der Waals surface area (Å²) < 4.78 is 1.86. The molecule has 0 radical (unpaired) electrons. The van der Waals surface area contributed by atoms with Crippen LogP contribution in [0, 0.1) is 0 Å². The molecule has 2 aromatic heterocycles. The quantitative estimate of drug-likeness (QED) is 0.466. The maximum absolute atomic E-state index is 12.2. The Morgan fingerprint density at radius 2 is 1.76 bits per heavy atom. The summed E-state index contributed by atoms with van der Waals surface area (Å²) in [7, 11) is 0. The summed E-state index contributed by atoms with van der Waals surface area (Å²) in [5.74, 6) is -0.940. The van der Waals surface area contributed by atoms with Gasteiger partial charge in [-0.15, -0.1) is 0 Å². The Balaban J connectivity index is 1.70. The van der Waals surface area contributed by atoms with Gasteiger partial charge in [0.05, 0.1) is 5.69 Å². The molecule has 0 aliphatic rings. The Morgan fingerprint density at radius 1 is 1.00 bits per heavy atom. The molecule has 5 nitrogen and oxygen atoms in total. The third-order valence-corrected chi connectivity index (χ3v) is 5.12. The second-order valence-corrected chi connectivity index (χ2v) is 7.22. The van der Waals surface area contributed by atoms with Gasteiger partial charge >= 0.3 is 5.97 Å². The monoisotopic (exact) mass is 405 g/mol. The molecule has 2 heterocycles. The molecule has 0 unspecified atom stereocenters. The molecule has 2 aromatic carbocycles. The number of halogens is 1. The fraction of sp³-hybridized carbons (Fsp3) is 0.130. The SMILES string of the molecule is O=C(O)c1c(CNCc2ccccn2)c2ccccc2n1Cc1ccc(Cl)cc1. The lowest BCUT2D eigenvalue weighted by atomic mass is 10.1. The number of rotatable bonds is 7. The highest BCUT2D eigenvalue weighted by Crippen LogP contribution is 2.28. The zero-order valence-corrected chi connectivity index (χ0v) is 16.4. The number of carboxylic acids is 1. The second-order valence-electron chi connectivity index (χ2n) is 6.79. The molecule has 0 saturated carbocycles. The lowest BCUT2D eigenvalue weighted by Gasteiger charge is -2.10. The molecule has 0 saturated heterocycles. The highest BCUT2D eigenvalue weighted by molar-refractivity contribution is 6.30. The number of benzene rings is 2. The van der Waals surface area contributed by atoms with Crippen LogP contribution in [0.3, 0.4) is 0 Å². The van der Waals surface area contributed by atoms with Crippen LogP contribution in [-0.4, -0.2) is 20.6 Å². The number of para-hydroxylation sites is 1. The van der Waals surface area contributed by atoms with Crippen molar-refractivity contribution in [3.05, 3.63) is 100 Å². The van der Waals surface area contributed by atoms with E-state index in [-0.39, 0.29) is 0 Å². The van der Waals surface area contributed by atoms with E-state index < -0.39 is 5.97 Å². The van der Waals surface area contributed by atoms with Gasteiger partial charge in [0.1, 0.15) is 5.69 Å². The summed E-state index contributed by atoms with van der Waals surface area (Å²) in [5.41, 5.74) is 3.88. The Morgan fingerprint density at radius 3 is 2.48 bits per heavy atom. The van der Waals surface area contributed by atoms with Crippen molar-refractivity contribution in [3.8, 4) is 0 Å². The first-order valence-electron chi connectivity index (χ1n) is 9.32. The summed E-state index contributed by atoms with van der Waals surface area (Å²) in [5, 5.41) is 14.9. The predicted molar refractivity (Wildman–Crippen MR) is 114 cm³/mol. The van der Waals surface area contributed by atoms with E-state index >= 15 is 0 Å². The van der Waals surface area contributed by atoms with Crippen LogP contribution in [0.15, 0.2) is 72.9 Å². The Bertz CT molecular complexity index is 1140. The molecule has 0 bridgehead atoms. The lowest BCUT2D eigenvalue weighted by molar-refractivity contribution is 0.0685. The van der Waals surface area contributed by atoms with Crippen LogP contribution in [0.5, 0.6) is 0 Å². The number of hydrogen-bond acceptors (Lipinski definition) is 3. The summed E-state index contributed by atoms with van der Waals surface area (Å²) in [4.78, 5) is 16.5. The summed E-state index contributed by atoms with van der Waals surface area (Å²) in [6, 6.07) is 21.0. The van der Waals surface area contributed by atoms with Gasteiger partial charge in [-0.05, 0) is 35.9 Å². The van der Waals surface area contributed by atoms with E-state index in [0.29, 0.717) is 30.4 Å². The minimum Gasteiger partial charge on any atom is -0.477 e. The van der Waals surface area contributed by atoms with Gasteiger partial charge in [-0.2, -0.15) is 0 Å². The Kier molecular flexibility index (Phi) is 5.60. The van der Waals surface area contributed by atoms with Crippen LogP contribution in [0.25, 0.3) is 10.9 Å². The molecule has 146 valence electrons. The first kappa shape index (κ1) is 19.2. The third kappa shape index (κ3) is 4.16. The average molecular weight is 406 g/mol. The summed E-state index contributed by atoms with van der Waals surface area (Å²) in [6.07, 6.45) is 1.75. The van der Waals surface area contributed by atoms with Crippen molar-refractivity contribution in [2.24, 2.45) is 0 Å². The molecule has 0 aliphatic heterocycles. The number of carbonyl (C=O) groups is 1. The fourth-order valence-electron chi connectivity index (χ4n) is 3.55. The molecular formula is C23H20ClN3O2. The molecule has 29 heavy (non-hydrogen) atoms. The largest absolute Gasteiger partial charge is 0.477 e. The van der Waals surface area contributed by atoms with Crippen LogP contribution in [0.1, 0.15) is 27.3 Å². The van der Waals surface area contributed by atoms with Gasteiger partial charge < -0.3 is 15.0 Å². The van der Waals surface area contributed by atoms with E-state index in [9.17, 15) is 9.90 Å². The van der Waals surface area contributed by atoms with Crippen molar-refractivity contribution in [3.63, 3.8) is 0 Å². The van der Waals surface area contributed by atoms with Crippen LogP contribution >= 0.6 is 11.6 Å². The highest BCUT2D eigenvalue weighted by Gasteiger charge is 2.22. The van der Waals surface area contributed by atoms with Crippen LogP contribution in [0.2, 0.25) is 5.02 Å². The number of hydrogen-bond donors (Lipinski definition) is 2. The Hall–Kier alpha value is -3.15. The average Bonchev–Trinajstić information content (AvgIpc) is 3.04. The van der Waals surface area contributed by atoms with Gasteiger partial charge in [0.2, 0.25) is 0 Å². The molecule has 0 spiro atoms. The number of carboxylic acid groups (broad SMARTS) is 1. The van der Waals surface area contributed by atoms with Crippen molar-refractivity contribution in [1.29, 1.82) is 0 Å². The van der Waals surface area contributed by atoms with E-state index in [1.807, 2.05) is 71.3 Å². The number of nitrogens with zero attached hydrogens (tertiary/aromatic N) is 2. The minimum absolute atomic E-state index is 0.301. The van der Waals surface area contributed by atoms with Crippen molar-refractivity contribution < 1.29 is 9.90 Å². The highest BCUT2D eigenvalue weighted by atomic mass is 35.5. The maximum atomic E-state index is 12.2. The molecule has 2 N–H and O–H groups in total.